The molecule has 0 aliphatic heterocycles. The Balaban J connectivity index is 2.82. The molecule has 6 nitrogen and oxygen atoms in total. The molecule has 0 unspecified atom stereocenters. The largest absolute Gasteiger partial charge is 0.480 e. The highest BCUT2D eigenvalue weighted by atomic mass is 35.5. The monoisotopic (exact) mass is 299 g/mol. The molecule has 7 heteroatoms. The first-order valence-corrected chi connectivity index (χ1v) is 6.09. The van der Waals surface area contributed by atoms with Crippen LogP contribution >= 0.6 is 11.6 Å². The number of carboxylic acid groups (broad SMARTS) is 1. The van der Waals surface area contributed by atoms with Crippen LogP contribution in [0.3, 0.4) is 0 Å². The number of aliphatic carboxylic acids is 1. The number of carbonyl (C=O) groups is 3. The van der Waals surface area contributed by atoms with Crippen LogP contribution in [0, 0.1) is 6.92 Å². The highest BCUT2D eigenvalue weighted by Gasteiger charge is 2.24. The summed E-state index contributed by atoms with van der Waals surface area (Å²) in [5.41, 5.74) is 1.10. The molecule has 1 aromatic rings. The summed E-state index contributed by atoms with van der Waals surface area (Å²) in [4.78, 5) is 34.0. The molecule has 1 aromatic carbocycles. The van der Waals surface area contributed by atoms with Crippen LogP contribution in [0.1, 0.15) is 22.3 Å². The zero-order valence-corrected chi connectivity index (χ0v) is 11.7. The molecule has 1 amide bonds. The van der Waals surface area contributed by atoms with E-state index in [4.69, 9.17) is 16.7 Å². The summed E-state index contributed by atoms with van der Waals surface area (Å²) in [6, 6.07) is 3.34. The number of carbonyl (C=O) groups excluding carboxylic acids is 2. The van der Waals surface area contributed by atoms with Crippen molar-refractivity contribution in [2.45, 2.75) is 19.4 Å². The maximum Gasteiger partial charge on any atom is 0.407 e. The lowest BCUT2D eigenvalue weighted by molar-refractivity contribution is -0.139. The number of hydrogen-bond acceptors (Lipinski definition) is 4. The number of carboxylic acids is 1. The van der Waals surface area contributed by atoms with Gasteiger partial charge in [0.1, 0.15) is 6.04 Å². The third-order valence-electron chi connectivity index (χ3n) is 2.66. The molecule has 0 heterocycles. The second kappa shape index (κ2) is 6.91. The number of alkyl carbamates (subject to hydrolysis) is 1. The molecular weight excluding hydrogens is 286 g/mol. The number of benzene rings is 1. The molecule has 0 aliphatic rings. The van der Waals surface area contributed by atoms with E-state index in [1.165, 1.54) is 6.07 Å². The summed E-state index contributed by atoms with van der Waals surface area (Å²) in [5, 5.41) is 11.5. The highest BCUT2D eigenvalue weighted by molar-refractivity contribution is 6.31. The molecule has 0 aliphatic carbocycles. The number of hydrogen-bond donors (Lipinski definition) is 2. The lowest BCUT2D eigenvalue weighted by atomic mass is 10.0. The van der Waals surface area contributed by atoms with Gasteiger partial charge in [0.25, 0.3) is 0 Å². The van der Waals surface area contributed by atoms with Gasteiger partial charge in [-0.1, -0.05) is 23.7 Å². The van der Waals surface area contributed by atoms with Crippen molar-refractivity contribution in [2.24, 2.45) is 0 Å². The standard InChI is InChI=1S/C13H14ClNO5/c1-7-3-4-8(5-9(7)14)11(16)6-10(12(17)18)15-13(19)20-2/h3-5,10H,6H2,1-2H3,(H,15,19)(H,17,18)/t10-/m1/s1. The number of aryl methyl sites for hydroxylation is 1. The molecule has 1 rings (SSSR count). The molecule has 0 fully saturated rings. The zero-order valence-electron chi connectivity index (χ0n) is 11.0. The number of ether oxygens (including phenoxy) is 1. The highest BCUT2D eigenvalue weighted by Crippen LogP contribution is 2.18. The maximum atomic E-state index is 12.0. The number of Topliss-reactive ketones (excluding diaryl/α,β-unsaturated/α-hetero) is 1. The fourth-order valence-corrected chi connectivity index (χ4v) is 1.65. The molecule has 2 N–H and O–H groups in total. The Morgan fingerprint density at radius 3 is 2.55 bits per heavy atom. The lowest BCUT2D eigenvalue weighted by Gasteiger charge is -2.13. The fraction of sp³-hybridized carbons (Fsp3) is 0.308. The molecular formula is C13H14ClNO5. The maximum absolute atomic E-state index is 12.0. The molecule has 1 atom stereocenters. The van der Waals surface area contributed by atoms with Crippen molar-refractivity contribution in [3.8, 4) is 0 Å². The third kappa shape index (κ3) is 4.24. The average Bonchev–Trinajstić information content (AvgIpc) is 2.40. The molecule has 0 saturated carbocycles. The molecule has 0 aromatic heterocycles. The Kier molecular flexibility index (Phi) is 5.52. The molecule has 0 spiro atoms. The van der Waals surface area contributed by atoms with Crippen molar-refractivity contribution in [1.29, 1.82) is 0 Å². The van der Waals surface area contributed by atoms with E-state index in [2.05, 4.69) is 10.1 Å². The lowest BCUT2D eigenvalue weighted by Crippen LogP contribution is -2.42. The van der Waals surface area contributed by atoms with Crippen LogP contribution < -0.4 is 5.32 Å². The van der Waals surface area contributed by atoms with Gasteiger partial charge >= 0.3 is 12.1 Å². The van der Waals surface area contributed by atoms with Crippen LogP contribution in [0.5, 0.6) is 0 Å². The van der Waals surface area contributed by atoms with Crippen LogP contribution in [-0.4, -0.2) is 36.1 Å². The van der Waals surface area contributed by atoms with Gasteiger partial charge in [0.05, 0.1) is 7.11 Å². The van der Waals surface area contributed by atoms with E-state index in [0.717, 1.165) is 12.7 Å². The first kappa shape index (κ1) is 16.0. The minimum atomic E-state index is -1.35. The predicted octanol–water partition coefficient (Wildman–Crippen LogP) is 2.03. The second-order valence-corrected chi connectivity index (χ2v) is 4.53. The summed E-state index contributed by atoms with van der Waals surface area (Å²) < 4.78 is 4.31. The topological polar surface area (TPSA) is 92.7 Å². The quantitative estimate of drug-likeness (QED) is 0.812. The van der Waals surface area contributed by atoms with Gasteiger partial charge in [0.2, 0.25) is 0 Å². The minimum absolute atomic E-state index is 0.290. The summed E-state index contributed by atoms with van der Waals surface area (Å²) in [6.07, 6.45) is -1.30. The van der Waals surface area contributed by atoms with Crippen molar-refractivity contribution in [3.63, 3.8) is 0 Å². The van der Waals surface area contributed by atoms with E-state index in [-0.39, 0.29) is 6.42 Å². The molecule has 0 bridgehead atoms. The zero-order chi connectivity index (χ0) is 15.3. The van der Waals surface area contributed by atoms with Gasteiger partial charge in [-0.2, -0.15) is 0 Å². The number of amides is 1. The van der Waals surface area contributed by atoms with Crippen molar-refractivity contribution in [1.82, 2.24) is 5.32 Å². The average molecular weight is 300 g/mol. The number of methoxy groups -OCH3 is 1. The summed E-state index contributed by atoms with van der Waals surface area (Å²) in [7, 11) is 1.11. The van der Waals surface area contributed by atoms with Crippen molar-refractivity contribution in [2.75, 3.05) is 7.11 Å². The Hall–Kier alpha value is -2.08. The second-order valence-electron chi connectivity index (χ2n) is 4.12. The Morgan fingerprint density at radius 2 is 2.05 bits per heavy atom. The van der Waals surface area contributed by atoms with Crippen LogP contribution in [0.25, 0.3) is 0 Å². The van der Waals surface area contributed by atoms with Crippen LogP contribution in [0.2, 0.25) is 5.02 Å². The Morgan fingerprint density at radius 1 is 1.40 bits per heavy atom. The molecule has 0 saturated heterocycles. The van der Waals surface area contributed by atoms with E-state index < -0.39 is 23.9 Å². The Bertz CT molecular complexity index is 544. The molecule has 20 heavy (non-hydrogen) atoms. The Labute approximate surface area is 120 Å². The normalized spacial score (nSPS) is 11.6. The SMILES string of the molecule is COC(=O)N[C@H](CC(=O)c1ccc(C)c(Cl)c1)C(=O)O. The number of nitrogens with one attached hydrogen (secondary N) is 1. The van der Waals surface area contributed by atoms with Crippen molar-refractivity contribution < 1.29 is 24.2 Å². The van der Waals surface area contributed by atoms with Crippen molar-refractivity contribution in [3.05, 3.63) is 34.3 Å². The van der Waals surface area contributed by atoms with Crippen LogP contribution in [-0.2, 0) is 9.53 Å². The first-order chi connectivity index (χ1) is 9.35. The minimum Gasteiger partial charge on any atom is -0.480 e. The van der Waals surface area contributed by atoms with E-state index in [0.29, 0.717) is 10.6 Å². The van der Waals surface area contributed by atoms with E-state index in [1.54, 1.807) is 19.1 Å². The van der Waals surface area contributed by atoms with Gasteiger partial charge in [-0.05, 0) is 18.6 Å². The van der Waals surface area contributed by atoms with Crippen LogP contribution in [0.4, 0.5) is 4.79 Å². The van der Waals surface area contributed by atoms with Gasteiger partial charge < -0.3 is 15.2 Å². The molecule has 108 valence electrons. The summed E-state index contributed by atoms with van der Waals surface area (Å²) >= 11 is 5.91. The predicted molar refractivity (Wildman–Crippen MR) is 72.1 cm³/mol. The number of halogens is 1. The third-order valence-corrected chi connectivity index (χ3v) is 3.07. The molecule has 0 radical (unpaired) electrons. The van der Waals surface area contributed by atoms with Crippen LogP contribution in [0.15, 0.2) is 18.2 Å². The smallest absolute Gasteiger partial charge is 0.407 e. The summed E-state index contributed by atoms with van der Waals surface area (Å²) in [5.74, 6) is -1.75. The number of ketones is 1. The number of rotatable bonds is 5. The van der Waals surface area contributed by atoms with E-state index in [1.807, 2.05) is 0 Å². The van der Waals surface area contributed by atoms with E-state index >= 15 is 0 Å². The van der Waals surface area contributed by atoms with Gasteiger partial charge in [-0.25, -0.2) is 9.59 Å². The van der Waals surface area contributed by atoms with Gasteiger partial charge in [-0.3, -0.25) is 4.79 Å². The summed E-state index contributed by atoms with van der Waals surface area (Å²) in [6.45, 7) is 1.79. The van der Waals surface area contributed by atoms with Gasteiger partial charge in [0, 0.05) is 17.0 Å². The van der Waals surface area contributed by atoms with E-state index in [9.17, 15) is 14.4 Å². The van der Waals surface area contributed by atoms with Gasteiger partial charge in [0.15, 0.2) is 5.78 Å². The first-order valence-electron chi connectivity index (χ1n) is 5.71. The van der Waals surface area contributed by atoms with Gasteiger partial charge in [-0.15, -0.1) is 0 Å². The fourth-order valence-electron chi connectivity index (χ4n) is 1.47. The van der Waals surface area contributed by atoms with Crippen molar-refractivity contribution >= 4 is 29.4 Å².